The lowest BCUT2D eigenvalue weighted by Crippen LogP contribution is -2.09. The summed E-state index contributed by atoms with van der Waals surface area (Å²) in [5, 5.41) is 10.0. The third-order valence-electron chi connectivity index (χ3n) is 3.76. The molecule has 1 aliphatic rings. The minimum atomic E-state index is -0.653. The van der Waals surface area contributed by atoms with Crippen LogP contribution in [0.1, 0.15) is 45.6 Å². The number of fused-ring (bicyclic) bond motifs is 1. The fourth-order valence-electron chi connectivity index (χ4n) is 2.74. The van der Waals surface area contributed by atoms with Gasteiger partial charge >= 0.3 is 0 Å². The Kier molecular flexibility index (Phi) is 3.28. The number of halogens is 1. The molecule has 1 aromatic rings. The van der Waals surface area contributed by atoms with Gasteiger partial charge in [-0.15, -0.1) is 11.6 Å². The summed E-state index contributed by atoms with van der Waals surface area (Å²) < 4.78 is 0. The first-order valence-corrected chi connectivity index (χ1v) is 6.43. The van der Waals surface area contributed by atoms with E-state index in [4.69, 9.17) is 11.6 Å². The van der Waals surface area contributed by atoms with Gasteiger partial charge in [0.25, 0.3) is 0 Å². The first-order chi connectivity index (χ1) is 7.99. The number of rotatable bonds is 2. The van der Waals surface area contributed by atoms with Gasteiger partial charge in [0.05, 0.1) is 6.10 Å². The minimum Gasteiger partial charge on any atom is -0.388 e. The van der Waals surface area contributed by atoms with Crippen molar-refractivity contribution in [3.8, 4) is 0 Å². The smallest absolute Gasteiger partial charge is 0.169 e. The zero-order valence-corrected chi connectivity index (χ0v) is 11.1. The van der Waals surface area contributed by atoms with Crippen LogP contribution in [0.3, 0.4) is 0 Å². The van der Waals surface area contributed by atoms with Gasteiger partial charge in [0.15, 0.2) is 5.78 Å². The molecule has 0 saturated carbocycles. The second-order valence-corrected chi connectivity index (χ2v) is 5.18. The Morgan fingerprint density at radius 3 is 2.65 bits per heavy atom. The molecule has 0 saturated heterocycles. The lowest BCUT2D eigenvalue weighted by molar-refractivity contribution is 0.0790. The molecule has 0 aromatic heterocycles. The molecule has 2 nitrogen and oxygen atoms in total. The molecule has 0 radical (unpaired) electrons. The summed E-state index contributed by atoms with van der Waals surface area (Å²) in [4.78, 5) is 12.1. The first-order valence-electron chi connectivity index (χ1n) is 5.90. The van der Waals surface area contributed by atoms with E-state index in [2.05, 4.69) is 0 Å². The van der Waals surface area contributed by atoms with Crippen molar-refractivity contribution < 1.29 is 9.90 Å². The summed E-state index contributed by atoms with van der Waals surface area (Å²) in [6.45, 7) is 5.74. The maximum atomic E-state index is 12.1. The van der Waals surface area contributed by atoms with Crippen molar-refractivity contribution in [3.05, 3.63) is 33.9 Å². The normalized spacial score (nSPS) is 23.0. The average Bonchev–Trinajstić information content (AvgIpc) is 2.50. The van der Waals surface area contributed by atoms with Gasteiger partial charge in [-0.1, -0.05) is 13.0 Å². The fraction of sp³-hybridized carbons (Fsp3) is 0.500. The second-order valence-electron chi connectivity index (χ2n) is 4.80. The molecule has 92 valence electrons. The highest BCUT2D eigenvalue weighted by Crippen LogP contribution is 2.39. The van der Waals surface area contributed by atoms with E-state index in [9.17, 15) is 9.90 Å². The molecule has 17 heavy (non-hydrogen) atoms. The Hall–Kier alpha value is -0.860. The van der Waals surface area contributed by atoms with Crippen molar-refractivity contribution in [3.63, 3.8) is 0 Å². The average molecular weight is 253 g/mol. The van der Waals surface area contributed by atoms with E-state index in [-0.39, 0.29) is 11.7 Å². The number of hydrogen-bond donors (Lipinski definition) is 1. The number of aliphatic hydroxyl groups is 1. The van der Waals surface area contributed by atoms with Crippen molar-refractivity contribution in [1.29, 1.82) is 0 Å². The summed E-state index contributed by atoms with van der Waals surface area (Å²) in [5.41, 5.74) is 4.76. The predicted molar refractivity (Wildman–Crippen MR) is 68.8 cm³/mol. The van der Waals surface area contributed by atoms with E-state index >= 15 is 0 Å². The monoisotopic (exact) mass is 252 g/mol. The summed E-state index contributed by atoms with van der Waals surface area (Å²) in [5.74, 6) is 0.280. The van der Waals surface area contributed by atoms with E-state index in [1.165, 1.54) is 0 Å². The van der Waals surface area contributed by atoms with Crippen molar-refractivity contribution in [1.82, 2.24) is 0 Å². The van der Waals surface area contributed by atoms with Crippen LogP contribution in [-0.2, 0) is 6.42 Å². The van der Waals surface area contributed by atoms with E-state index < -0.39 is 6.10 Å². The Bertz CT molecular complexity index is 480. The molecule has 0 bridgehead atoms. The largest absolute Gasteiger partial charge is 0.388 e. The molecule has 1 aromatic carbocycles. The van der Waals surface area contributed by atoms with E-state index in [0.29, 0.717) is 5.88 Å². The number of alkyl halides is 1. The van der Waals surface area contributed by atoms with Crippen LogP contribution >= 0.6 is 11.6 Å². The zero-order valence-electron chi connectivity index (χ0n) is 10.4. The number of ketones is 1. The number of Topliss-reactive ketones (excluding diaryl/α,β-unsaturated/α-hetero) is 1. The van der Waals surface area contributed by atoms with E-state index in [1.807, 2.05) is 19.9 Å². The van der Waals surface area contributed by atoms with Crippen molar-refractivity contribution in [2.45, 2.75) is 33.3 Å². The standard InChI is InChI=1S/C14H17ClO2/c1-7-6-11-12(8(2)10(7)4-5-15)14(17)9(3)13(11)16/h6,9,13,16H,4-5H2,1-3H3/t9-,13-/m0/s1. The highest BCUT2D eigenvalue weighted by molar-refractivity contribution is 6.18. The van der Waals surface area contributed by atoms with Crippen LogP contribution in [0, 0.1) is 19.8 Å². The van der Waals surface area contributed by atoms with Crippen molar-refractivity contribution >= 4 is 17.4 Å². The molecule has 3 heteroatoms. The third-order valence-corrected chi connectivity index (χ3v) is 3.95. The van der Waals surface area contributed by atoms with Gasteiger partial charge in [-0.2, -0.15) is 0 Å². The number of hydrogen-bond acceptors (Lipinski definition) is 2. The van der Waals surface area contributed by atoms with Crippen LogP contribution < -0.4 is 0 Å². The Morgan fingerprint density at radius 1 is 1.41 bits per heavy atom. The van der Waals surface area contributed by atoms with Crippen LogP contribution in [0.5, 0.6) is 0 Å². The van der Waals surface area contributed by atoms with Crippen molar-refractivity contribution in [2.24, 2.45) is 5.92 Å². The van der Waals surface area contributed by atoms with Crippen molar-refractivity contribution in [2.75, 3.05) is 5.88 Å². The molecule has 0 spiro atoms. The van der Waals surface area contributed by atoms with Gasteiger partial charge in [-0.05, 0) is 42.5 Å². The highest BCUT2D eigenvalue weighted by atomic mass is 35.5. The fourth-order valence-corrected chi connectivity index (χ4v) is 2.92. The summed E-state index contributed by atoms with van der Waals surface area (Å²) in [6, 6.07) is 1.94. The van der Waals surface area contributed by atoms with E-state index in [1.54, 1.807) is 6.92 Å². The summed E-state index contributed by atoms with van der Waals surface area (Å²) in [7, 11) is 0. The number of carbonyl (C=O) groups excluding carboxylic acids is 1. The van der Waals surface area contributed by atoms with Crippen LogP contribution in [0.2, 0.25) is 0 Å². The molecule has 0 aliphatic heterocycles. The van der Waals surface area contributed by atoms with Gasteiger partial charge in [0.1, 0.15) is 0 Å². The molecular weight excluding hydrogens is 236 g/mol. The molecular formula is C14H17ClO2. The quantitative estimate of drug-likeness (QED) is 0.822. The number of benzene rings is 1. The number of aliphatic hydroxyl groups excluding tert-OH is 1. The first kappa shape index (κ1) is 12.6. The maximum Gasteiger partial charge on any atom is 0.169 e. The molecule has 0 amide bonds. The number of carbonyl (C=O) groups is 1. The summed E-state index contributed by atoms with van der Waals surface area (Å²) in [6.07, 6.45) is 0.115. The van der Waals surface area contributed by atoms with Gasteiger partial charge < -0.3 is 5.11 Å². The minimum absolute atomic E-state index is 0.0563. The van der Waals surface area contributed by atoms with Crippen LogP contribution in [0.25, 0.3) is 0 Å². The van der Waals surface area contributed by atoms with Crippen LogP contribution in [0.15, 0.2) is 6.07 Å². The molecule has 2 atom stereocenters. The van der Waals surface area contributed by atoms with Gasteiger partial charge in [-0.3, -0.25) is 4.79 Å². The highest BCUT2D eigenvalue weighted by Gasteiger charge is 2.37. The topological polar surface area (TPSA) is 37.3 Å². The summed E-state index contributed by atoms with van der Waals surface area (Å²) >= 11 is 5.79. The predicted octanol–water partition coefficient (Wildman–Crippen LogP) is 2.95. The molecule has 0 unspecified atom stereocenters. The number of aryl methyl sites for hydroxylation is 1. The van der Waals surface area contributed by atoms with Crippen LogP contribution in [-0.4, -0.2) is 16.8 Å². The molecule has 0 fully saturated rings. The SMILES string of the molecule is Cc1cc2c(c(C)c1CCCl)C(=O)[C@@H](C)[C@@H]2O. The van der Waals surface area contributed by atoms with Gasteiger partial charge in [-0.25, -0.2) is 0 Å². The zero-order chi connectivity index (χ0) is 12.7. The Balaban J connectivity index is 2.65. The lowest BCUT2D eigenvalue weighted by Gasteiger charge is -2.14. The Morgan fingerprint density at radius 2 is 2.06 bits per heavy atom. The van der Waals surface area contributed by atoms with Gasteiger partial charge in [0.2, 0.25) is 0 Å². The Labute approximate surface area is 107 Å². The molecule has 2 rings (SSSR count). The van der Waals surface area contributed by atoms with Crippen LogP contribution in [0.4, 0.5) is 0 Å². The maximum absolute atomic E-state index is 12.1. The third kappa shape index (κ3) is 1.80. The molecule has 0 heterocycles. The van der Waals surface area contributed by atoms with E-state index in [0.717, 1.165) is 34.2 Å². The van der Waals surface area contributed by atoms with Gasteiger partial charge in [0, 0.05) is 17.4 Å². The lowest BCUT2D eigenvalue weighted by atomic mass is 9.92. The molecule has 1 aliphatic carbocycles. The molecule has 1 N–H and O–H groups in total. The second kappa shape index (κ2) is 4.43.